The predicted octanol–water partition coefficient (Wildman–Crippen LogP) is 3.73. The molecule has 0 aliphatic carbocycles. The second-order valence-electron chi connectivity index (χ2n) is 5.15. The molecule has 4 heteroatoms. The van der Waals surface area contributed by atoms with E-state index in [4.69, 9.17) is 21.1 Å². The first-order valence-corrected chi connectivity index (χ1v) is 7.39. The summed E-state index contributed by atoms with van der Waals surface area (Å²) >= 11 is 6.44. The van der Waals surface area contributed by atoms with Gasteiger partial charge in [-0.3, -0.25) is 0 Å². The van der Waals surface area contributed by atoms with Crippen LogP contribution in [0.15, 0.2) is 36.4 Å². The molecule has 3 rings (SSSR count). The van der Waals surface area contributed by atoms with Crippen molar-refractivity contribution in [1.29, 1.82) is 0 Å². The Balaban J connectivity index is 2.02. The molecule has 0 radical (unpaired) electrons. The third-order valence-corrected chi connectivity index (χ3v) is 4.00. The summed E-state index contributed by atoms with van der Waals surface area (Å²) in [5.41, 5.74) is 3.40. The molecule has 0 saturated carbocycles. The monoisotopic (exact) mass is 303 g/mol. The van der Waals surface area contributed by atoms with E-state index < -0.39 is 0 Å². The van der Waals surface area contributed by atoms with Gasteiger partial charge in [-0.25, -0.2) is 0 Å². The second-order valence-corrected chi connectivity index (χ2v) is 5.56. The van der Waals surface area contributed by atoms with Crippen LogP contribution >= 0.6 is 11.6 Å². The summed E-state index contributed by atoms with van der Waals surface area (Å²) in [6.45, 7) is 3.22. The van der Waals surface area contributed by atoms with Gasteiger partial charge in [0.25, 0.3) is 0 Å². The predicted molar refractivity (Wildman–Crippen MR) is 84.5 cm³/mol. The Bertz CT molecular complexity index is 640. The highest BCUT2D eigenvalue weighted by molar-refractivity contribution is 6.31. The van der Waals surface area contributed by atoms with Gasteiger partial charge in [0.15, 0.2) is 11.5 Å². The van der Waals surface area contributed by atoms with E-state index in [0.717, 1.165) is 11.3 Å². The molecule has 1 N–H and O–H groups in total. The fraction of sp³-hybridized carbons (Fsp3) is 0.294. The summed E-state index contributed by atoms with van der Waals surface area (Å²) in [7, 11) is 1.93. The van der Waals surface area contributed by atoms with Crippen LogP contribution in [0.25, 0.3) is 0 Å². The first-order valence-electron chi connectivity index (χ1n) is 7.02. The summed E-state index contributed by atoms with van der Waals surface area (Å²) in [6.07, 6.45) is 0. The number of aryl methyl sites for hydroxylation is 1. The van der Waals surface area contributed by atoms with E-state index in [1.807, 2.05) is 19.2 Å². The molecule has 1 heterocycles. The Morgan fingerprint density at radius 1 is 1.05 bits per heavy atom. The van der Waals surface area contributed by atoms with Crippen molar-refractivity contribution >= 4 is 11.6 Å². The van der Waals surface area contributed by atoms with E-state index in [1.54, 1.807) is 0 Å². The number of hydrogen-bond donors (Lipinski definition) is 1. The van der Waals surface area contributed by atoms with E-state index in [9.17, 15) is 0 Å². The molecule has 1 aliphatic heterocycles. The molecule has 0 saturated heterocycles. The van der Waals surface area contributed by atoms with Gasteiger partial charge in [0.1, 0.15) is 13.2 Å². The van der Waals surface area contributed by atoms with Crippen LogP contribution < -0.4 is 14.8 Å². The van der Waals surface area contributed by atoms with Crippen molar-refractivity contribution in [3.05, 3.63) is 58.1 Å². The SMILES string of the molecule is CNC(c1ccc(C)cc1)c1cc2c(cc1Cl)OCCO2. The minimum atomic E-state index is 0.0222. The lowest BCUT2D eigenvalue weighted by atomic mass is 9.97. The lowest BCUT2D eigenvalue weighted by Crippen LogP contribution is -2.20. The molecular formula is C17H18ClNO2. The minimum Gasteiger partial charge on any atom is -0.486 e. The molecule has 2 aromatic carbocycles. The van der Waals surface area contributed by atoms with Crippen molar-refractivity contribution in [3.63, 3.8) is 0 Å². The average Bonchev–Trinajstić information content (AvgIpc) is 2.50. The number of ether oxygens (including phenoxy) is 2. The van der Waals surface area contributed by atoms with Gasteiger partial charge in [-0.2, -0.15) is 0 Å². The Morgan fingerprint density at radius 2 is 1.67 bits per heavy atom. The summed E-state index contributed by atoms with van der Waals surface area (Å²) in [4.78, 5) is 0. The molecule has 2 aromatic rings. The van der Waals surface area contributed by atoms with Crippen molar-refractivity contribution in [2.45, 2.75) is 13.0 Å². The van der Waals surface area contributed by atoms with Crippen molar-refractivity contribution in [1.82, 2.24) is 5.32 Å². The molecule has 0 amide bonds. The first-order chi connectivity index (χ1) is 10.2. The van der Waals surface area contributed by atoms with Gasteiger partial charge < -0.3 is 14.8 Å². The highest BCUT2D eigenvalue weighted by Gasteiger charge is 2.20. The number of halogens is 1. The molecule has 0 bridgehead atoms. The molecule has 1 atom stereocenters. The van der Waals surface area contributed by atoms with E-state index in [-0.39, 0.29) is 6.04 Å². The zero-order valence-electron chi connectivity index (χ0n) is 12.2. The summed E-state index contributed by atoms with van der Waals surface area (Å²) in [5.74, 6) is 1.47. The fourth-order valence-electron chi connectivity index (χ4n) is 2.56. The normalized spacial score (nSPS) is 14.8. The first kappa shape index (κ1) is 14.2. The van der Waals surface area contributed by atoms with Gasteiger partial charge in [0, 0.05) is 11.1 Å². The fourth-order valence-corrected chi connectivity index (χ4v) is 2.82. The maximum atomic E-state index is 6.44. The maximum Gasteiger partial charge on any atom is 0.162 e. The van der Waals surface area contributed by atoms with Crippen LogP contribution in [0.2, 0.25) is 5.02 Å². The molecule has 0 aromatic heterocycles. The number of benzene rings is 2. The zero-order chi connectivity index (χ0) is 14.8. The molecule has 1 unspecified atom stereocenters. The summed E-state index contributed by atoms with van der Waals surface area (Å²) in [6, 6.07) is 12.3. The van der Waals surface area contributed by atoms with Crippen molar-refractivity contribution in [2.24, 2.45) is 0 Å². The van der Waals surface area contributed by atoms with E-state index in [2.05, 4.69) is 36.5 Å². The molecule has 1 aliphatic rings. The smallest absolute Gasteiger partial charge is 0.162 e. The van der Waals surface area contributed by atoms with Crippen LogP contribution in [0, 0.1) is 6.92 Å². The van der Waals surface area contributed by atoms with Crippen LogP contribution in [0.1, 0.15) is 22.7 Å². The summed E-state index contributed by atoms with van der Waals surface area (Å²) < 4.78 is 11.2. The molecule has 3 nitrogen and oxygen atoms in total. The van der Waals surface area contributed by atoms with Crippen LogP contribution in [0.5, 0.6) is 11.5 Å². The topological polar surface area (TPSA) is 30.5 Å². The Labute approximate surface area is 129 Å². The largest absolute Gasteiger partial charge is 0.486 e. The average molecular weight is 304 g/mol. The van der Waals surface area contributed by atoms with Crippen molar-refractivity contribution < 1.29 is 9.47 Å². The van der Waals surface area contributed by atoms with Crippen molar-refractivity contribution in [2.75, 3.05) is 20.3 Å². The Kier molecular flexibility index (Phi) is 4.04. The third-order valence-electron chi connectivity index (χ3n) is 3.67. The second kappa shape index (κ2) is 5.96. The molecule has 110 valence electrons. The zero-order valence-corrected chi connectivity index (χ0v) is 12.9. The Morgan fingerprint density at radius 3 is 2.29 bits per heavy atom. The highest BCUT2D eigenvalue weighted by Crippen LogP contribution is 2.39. The van der Waals surface area contributed by atoms with Gasteiger partial charge in [0.05, 0.1) is 6.04 Å². The van der Waals surface area contributed by atoms with Gasteiger partial charge >= 0.3 is 0 Å². The van der Waals surface area contributed by atoms with Gasteiger partial charge in [-0.15, -0.1) is 0 Å². The third kappa shape index (κ3) is 2.85. The van der Waals surface area contributed by atoms with Crippen LogP contribution in [0.3, 0.4) is 0 Å². The van der Waals surface area contributed by atoms with Crippen LogP contribution in [0.4, 0.5) is 0 Å². The van der Waals surface area contributed by atoms with E-state index in [0.29, 0.717) is 24.0 Å². The lowest BCUT2D eigenvalue weighted by molar-refractivity contribution is 0.171. The van der Waals surface area contributed by atoms with Crippen LogP contribution in [-0.4, -0.2) is 20.3 Å². The van der Waals surface area contributed by atoms with Gasteiger partial charge in [0.2, 0.25) is 0 Å². The minimum absolute atomic E-state index is 0.0222. The van der Waals surface area contributed by atoms with E-state index >= 15 is 0 Å². The Hall–Kier alpha value is -1.71. The van der Waals surface area contributed by atoms with Gasteiger partial charge in [-0.1, -0.05) is 41.4 Å². The maximum absolute atomic E-state index is 6.44. The summed E-state index contributed by atoms with van der Waals surface area (Å²) in [5, 5.41) is 4.00. The standard InChI is InChI=1S/C17H18ClNO2/c1-11-3-5-12(6-4-11)17(19-2)13-9-15-16(10-14(13)18)21-8-7-20-15/h3-6,9-10,17,19H,7-8H2,1-2H3. The quantitative estimate of drug-likeness (QED) is 0.937. The highest BCUT2D eigenvalue weighted by atomic mass is 35.5. The molecule has 0 spiro atoms. The molecule has 21 heavy (non-hydrogen) atoms. The molecular weight excluding hydrogens is 286 g/mol. The van der Waals surface area contributed by atoms with Gasteiger partial charge in [-0.05, 0) is 31.2 Å². The lowest BCUT2D eigenvalue weighted by Gasteiger charge is -2.23. The number of nitrogens with one attached hydrogen (secondary N) is 1. The van der Waals surface area contributed by atoms with Crippen molar-refractivity contribution in [3.8, 4) is 11.5 Å². The number of fused-ring (bicyclic) bond motifs is 1. The number of hydrogen-bond acceptors (Lipinski definition) is 3. The van der Waals surface area contributed by atoms with Crippen LogP contribution in [-0.2, 0) is 0 Å². The number of rotatable bonds is 3. The molecule has 0 fully saturated rings. The van der Waals surface area contributed by atoms with E-state index in [1.165, 1.54) is 11.1 Å².